The monoisotopic (exact) mass is 284 g/mol. The molecule has 1 aromatic heterocycles. The van der Waals surface area contributed by atoms with E-state index in [-0.39, 0.29) is 17.4 Å². The van der Waals surface area contributed by atoms with E-state index in [9.17, 15) is 9.18 Å². The number of carbonyl (C=O) groups is 1. The van der Waals surface area contributed by atoms with E-state index in [0.29, 0.717) is 11.0 Å². The molecule has 0 radical (unpaired) electrons. The molecule has 0 aliphatic heterocycles. The molecule has 106 valence electrons. The topological polar surface area (TPSA) is 55.1 Å². The molecule has 1 heterocycles. The van der Waals surface area contributed by atoms with Crippen molar-refractivity contribution in [3.63, 3.8) is 0 Å². The fourth-order valence-electron chi connectivity index (χ4n) is 2.39. The third-order valence-electron chi connectivity index (χ3n) is 3.57. The molecule has 2 aromatic carbocycles. The van der Waals surface area contributed by atoms with Crippen LogP contribution >= 0.6 is 0 Å². The van der Waals surface area contributed by atoms with E-state index in [0.717, 1.165) is 5.56 Å². The van der Waals surface area contributed by atoms with E-state index >= 15 is 0 Å². The maximum Gasteiger partial charge on any atom is 0.335 e. The lowest BCUT2D eigenvalue weighted by Gasteiger charge is -2.15. The van der Waals surface area contributed by atoms with Gasteiger partial charge in [-0.25, -0.2) is 14.2 Å². The maximum atomic E-state index is 13.4. The number of hydrogen-bond acceptors (Lipinski definition) is 2. The van der Waals surface area contributed by atoms with E-state index in [4.69, 9.17) is 5.11 Å². The van der Waals surface area contributed by atoms with Crippen molar-refractivity contribution < 1.29 is 14.3 Å². The second-order valence-corrected chi connectivity index (χ2v) is 4.89. The molecule has 0 saturated heterocycles. The Kier molecular flexibility index (Phi) is 3.17. The van der Waals surface area contributed by atoms with Gasteiger partial charge in [-0.1, -0.05) is 12.1 Å². The fraction of sp³-hybridized carbons (Fsp3) is 0.125. The zero-order valence-electron chi connectivity index (χ0n) is 11.3. The highest BCUT2D eigenvalue weighted by Gasteiger charge is 2.14. The summed E-state index contributed by atoms with van der Waals surface area (Å²) < 4.78 is 15.2. The molecule has 3 rings (SSSR count). The number of halogens is 1. The minimum Gasteiger partial charge on any atom is -0.478 e. The number of fused-ring (bicyclic) bond motifs is 1. The summed E-state index contributed by atoms with van der Waals surface area (Å²) in [5, 5.41) is 9.09. The summed E-state index contributed by atoms with van der Waals surface area (Å²) in [6, 6.07) is 11.0. The van der Waals surface area contributed by atoms with E-state index < -0.39 is 5.97 Å². The van der Waals surface area contributed by atoms with Crippen molar-refractivity contribution in [2.75, 3.05) is 0 Å². The van der Waals surface area contributed by atoms with Crippen LogP contribution in [0.5, 0.6) is 0 Å². The third-order valence-corrected chi connectivity index (χ3v) is 3.57. The lowest BCUT2D eigenvalue weighted by atomic mass is 10.1. The first-order chi connectivity index (χ1) is 10.1. The van der Waals surface area contributed by atoms with Crippen molar-refractivity contribution in [2.24, 2.45) is 0 Å². The van der Waals surface area contributed by atoms with E-state index in [1.807, 2.05) is 17.6 Å². The largest absolute Gasteiger partial charge is 0.478 e. The van der Waals surface area contributed by atoms with Crippen molar-refractivity contribution in [1.82, 2.24) is 9.55 Å². The summed E-state index contributed by atoms with van der Waals surface area (Å²) in [4.78, 5) is 15.3. The van der Waals surface area contributed by atoms with Gasteiger partial charge in [-0.15, -0.1) is 0 Å². The van der Waals surface area contributed by atoms with Gasteiger partial charge in [0.2, 0.25) is 0 Å². The Morgan fingerprint density at radius 1 is 1.29 bits per heavy atom. The maximum absolute atomic E-state index is 13.4. The second-order valence-electron chi connectivity index (χ2n) is 4.89. The van der Waals surface area contributed by atoms with Crippen LogP contribution in [0.1, 0.15) is 28.9 Å². The SMILES string of the molecule is CC(c1cccc(F)c1)n1cnc2ccc(C(=O)O)cc21. The number of carboxylic acids is 1. The summed E-state index contributed by atoms with van der Waals surface area (Å²) in [7, 11) is 0. The molecule has 0 aliphatic carbocycles. The highest BCUT2D eigenvalue weighted by molar-refractivity contribution is 5.92. The van der Waals surface area contributed by atoms with E-state index in [2.05, 4.69) is 4.98 Å². The molecule has 4 nitrogen and oxygen atoms in total. The van der Waals surface area contributed by atoms with Crippen molar-refractivity contribution in [3.05, 3.63) is 65.7 Å². The molecule has 5 heteroatoms. The van der Waals surface area contributed by atoms with Crippen LogP contribution in [0.4, 0.5) is 4.39 Å². The van der Waals surface area contributed by atoms with Crippen molar-refractivity contribution in [2.45, 2.75) is 13.0 Å². The summed E-state index contributed by atoms with van der Waals surface area (Å²) in [5.74, 6) is -1.28. The first kappa shape index (κ1) is 13.3. The zero-order valence-corrected chi connectivity index (χ0v) is 11.3. The highest BCUT2D eigenvalue weighted by atomic mass is 19.1. The average molecular weight is 284 g/mol. The second kappa shape index (κ2) is 5.01. The van der Waals surface area contributed by atoms with Crippen molar-refractivity contribution in [1.29, 1.82) is 0 Å². The summed E-state index contributed by atoms with van der Waals surface area (Å²) in [5.41, 5.74) is 2.43. The van der Waals surface area contributed by atoms with E-state index in [1.165, 1.54) is 18.2 Å². The summed E-state index contributed by atoms with van der Waals surface area (Å²) >= 11 is 0. The number of aromatic carboxylic acids is 1. The lowest BCUT2D eigenvalue weighted by molar-refractivity contribution is 0.0697. The van der Waals surface area contributed by atoms with Gasteiger partial charge in [0, 0.05) is 0 Å². The molecule has 21 heavy (non-hydrogen) atoms. The van der Waals surface area contributed by atoms with Gasteiger partial charge in [0.05, 0.1) is 29.0 Å². The number of aromatic nitrogens is 2. The normalized spacial score (nSPS) is 12.5. The molecule has 1 N–H and O–H groups in total. The first-order valence-electron chi connectivity index (χ1n) is 6.51. The quantitative estimate of drug-likeness (QED) is 0.801. The smallest absolute Gasteiger partial charge is 0.335 e. The predicted molar refractivity (Wildman–Crippen MR) is 76.9 cm³/mol. The molecule has 0 aliphatic rings. The van der Waals surface area contributed by atoms with Crippen LogP contribution < -0.4 is 0 Å². The Morgan fingerprint density at radius 2 is 2.10 bits per heavy atom. The Morgan fingerprint density at radius 3 is 2.81 bits per heavy atom. The molecule has 3 aromatic rings. The number of rotatable bonds is 3. The van der Waals surface area contributed by atoms with Gasteiger partial charge in [0.25, 0.3) is 0 Å². The summed E-state index contributed by atoms with van der Waals surface area (Å²) in [6.45, 7) is 1.92. The molecular weight excluding hydrogens is 271 g/mol. The Bertz CT molecular complexity index is 826. The third kappa shape index (κ3) is 2.38. The standard InChI is InChI=1S/C16H13FN2O2/c1-10(11-3-2-4-13(17)7-11)19-9-18-14-6-5-12(16(20)21)8-15(14)19/h2-10H,1H3,(H,20,21). The lowest BCUT2D eigenvalue weighted by Crippen LogP contribution is -2.06. The van der Waals surface area contributed by atoms with Gasteiger partial charge in [-0.05, 0) is 42.8 Å². The number of benzene rings is 2. The molecule has 1 unspecified atom stereocenters. The van der Waals surface area contributed by atoms with Crippen LogP contribution in [-0.4, -0.2) is 20.6 Å². The van der Waals surface area contributed by atoms with Crippen LogP contribution in [0.15, 0.2) is 48.8 Å². The molecule has 0 spiro atoms. The highest BCUT2D eigenvalue weighted by Crippen LogP contribution is 2.24. The van der Waals surface area contributed by atoms with Gasteiger partial charge < -0.3 is 9.67 Å². The molecule has 0 amide bonds. The fourth-order valence-corrected chi connectivity index (χ4v) is 2.39. The zero-order chi connectivity index (χ0) is 15.0. The molecule has 0 fully saturated rings. The summed E-state index contributed by atoms with van der Waals surface area (Å²) in [6.07, 6.45) is 1.64. The van der Waals surface area contributed by atoms with Crippen molar-refractivity contribution in [3.8, 4) is 0 Å². The van der Waals surface area contributed by atoms with Crippen molar-refractivity contribution >= 4 is 17.0 Å². The van der Waals surface area contributed by atoms with Gasteiger partial charge >= 0.3 is 5.97 Å². The number of imidazole rings is 1. The molecular formula is C16H13FN2O2. The van der Waals surface area contributed by atoms with Crippen LogP contribution in [0.3, 0.4) is 0 Å². The van der Waals surface area contributed by atoms with Gasteiger partial charge in [0.15, 0.2) is 0 Å². The van der Waals surface area contributed by atoms with Gasteiger partial charge in [-0.3, -0.25) is 0 Å². The Balaban J connectivity index is 2.11. The molecule has 0 bridgehead atoms. The van der Waals surface area contributed by atoms with Crippen LogP contribution in [0.25, 0.3) is 11.0 Å². The number of nitrogens with zero attached hydrogens (tertiary/aromatic N) is 2. The van der Waals surface area contributed by atoms with Crippen LogP contribution in [0.2, 0.25) is 0 Å². The number of carboxylic acid groups (broad SMARTS) is 1. The first-order valence-corrected chi connectivity index (χ1v) is 6.51. The van der Waals surface area contributed by atoms with Crippen LogP contribution in [0, 0.1) is 5.82 Å². The minimum atomic E-state index is -0.983. The van der Waals surface area contributed by atoms with Crippen LogP contribution in [-0.2, 0) is 0 Å². The Labute approximate surface area is 120 Å². The molecule has 1 atom stereocenters. The van der Waals surface area contributed by atoms with Gasteiger partial charge in [-0.2, -0.15) is 0 Å². The Hall–Kier alpha value is -2.69. The predicted octanol–water partition coefficient (Wildman–Crippen LogP) is 3.48. The van der Waals surface area contributed by atoms with E-state index in [1.54, 1.807) is 24.5 Å². The molecule has 0 saturated carbocycles. The van der Waals surface area contributed by atoms with Gasteiger partial charge in [0.1, 0.15) is 5.82 Å². The number of hydrogen-bond donors (Lipinski definition) is 1. The minimum absolute atomic E-state index is 0.144. The average Bonchev–Trinajstić information content (AvgIpc) is 2.89.